The standard InChI is InChI=1S/C15H20N2O4.C5H5N3S.C4H8/c1-12(2)15(19)21-10-8-17(7-9-20-11-18)14-5-3-13(16)4-6-14;1-3-4(2-6)5(7)9-8-3;1-4(2)3/h3-6,11H,1,7-10,16H2,2H3;7H2,1H3;1H2,2-3H3. The van der Waals surface area contributed by atoms with Gasteiger partial charge in [-0.25, -0.2) is 4.79 Å². The third-order valence-corrected chi connectivity index (χ3v) is 4.52. The first kappa shape index (κ1) is 30.2. The summed E-state index contributed by atoms with van der Waals surface area (Å²) in [4.78, 5) is 23.5. The summed E-state index contributed by atoms with van der Waals surface area (Å²) in [6.45, 7) is 16.2. The van der Waals surface area contributed by atoms with Crippen LogP contribution in [0.4, 0.5) is 16.4 Å². The second-order valence-corrected chi connectivity index (χ2v) is 8.09. The van der Waals surface area contributed by atoms with Crippen LogP contribution in [0.3, 0.4) is 0 Å². The predicted molar refractivity (Wildman–Crippen MR) is 137 cm³/mol. The number of benzene rings is 1. The maximum atomic E-state index is 11.3. The summed E-state index contributed by atoms with van der Waals surface area (Å²) >= 11 is 1.16. The molecule has 184 valence electrons. The van der Waals surface area contributed by atoms with E-state index in [1.54, 1.807) is 26.0 Å². The number of aromatic nitrogens is 1. The van der Waals surface area contributed by atoms with Crippen molar-refractivity contribution in [3.8, 4) is 6.07 Å². The SMILES string of the molecule is C=C(C)C.C=C(C)C(=O)OCCN(CCOC=O)c1ccc(N)cc1.Cc1nsc(N)c1C#N. The Kier molecular flexibility index (Phi) is 14.9. The first-order chi connectivity index (χ1) is 16.0. The average molecular weight is 488 g/mol. The number of hydrogen-bond donors (Lipinski definition) is 2. The van der Waals surface area contributed by atoms with E-state index in [-0.39, 0.29) is 13.2 Å². The number of nitrogens with zero attached hydrogens (tertiary/aromatic N) is 3. The van der Waals surface area contributed by atoms with Gasteiger partial charge in [0.25, 0.3) is 6.47 Å². The van der Waals surface area contributed by atoms with Gasteiger partial charge < -0.3 is 25.8 Å². The first-order valence-electron chi connectivity index (χ1n) is 10.3. The number of carbonyl (C=O) groups is 2. The molecule has 0 spiro atoms. The number of esters is 1. The molecule has 0 aliphatic rings. The molecule has 1 heterocycles. The van der Waals surface area contributed by atoms with Crippen LogP contribution in [0, 0.1) is 18.3 Å². The van der Waals surface area contributed by atoms with E-state index in [9.17, 15) is 9.59 Å². The van der Waals surface area contributed by atoms with Crippen molar-refractivity contribution in [1.82, 2.24) is 4.37 Å². The Morgan fingerprint density at radius 1 is 1.18 bits per heavy atom. The van der Waals surface area contributed by atoms with Crippen LogP contribution in [0.2, 0.25) is 0 Å². The predicted octanol–water partition coefficient (Wildman–Crippen LogP) is 3.86. The highest BCUT2D eigenvalue weighted by molar-refractivity contribution is 7.10. The zero-order valence-electron chi connectivity index (χ0n) is 20.2. The number of ether oxygens (including phenoxy) is 2. The van der Waals surface area contributed by atoms with Crippen molar-refractivity contribution < 1.29 is 19.1 Å². The summed E-state index contributed by atoms with van der Waals surface area (Å²) in [7, 11) is 0. The van der Waals surface area contributed by atoms with Crippen LogP contribution in [0.15, 0.2) is 48.6 Å². The zero-order valence-corrected chi connectivity index (χ0v) is 21.0. The third-order valence-electron chi connectivity index (χ3n) is 3.75. The molecule has 10 heteroatoms. The smallest absolute Gasteiger partial charge is 0.333 e. The molecule has 0 saturated carbocycles. The van der Waals surface area contributed by atoms with E-state index in [4.69, 9.17) is 26.2 Å². The van der Waals surface area contributed by atoms with Crippen molar-refractivity contribution in [3.63, 3.8) is 0 Å². The number of nitrogens with two attached hydrogens (primary N) is 2. The summed E-state index contributed by atoms with van der Waals surface area (Å²) in [6, 6.07) is 9.24. The quantitative estimate of drug-likeness (QED) is 0.134. The fourth-order valence-electron chi connectivity index (χ4n) is 2.16. The molecular weight excluding hydrogens is 454 g/mol. The topological polar surface area (TPSA) is 145 Å². The number of nitrogen functional groups attached to an aromatic ring is 2. The summed E-state index contributed by atoms with van der Waals surface area (Å²) in [5, 5.41) is 8.93. The van der Waals surface area contributed by atoms with Crippen LogP contribution in [0.25, 0.3) is 0 Å². The largest absolute Gasteiger partial charge is 0.466 e. The molecule has 9 nitrogen and oxygen atoms in total. The Labute approximate surface area is 205 Å². The maximum Gasteiger partial charge on any atom is 0.333 e. The summed E-state index contributed by atoms with van der Waals surface area (Å²) in [5.74, 6) is -0.420. The molecule has 1 aromatic heterocycles. The van der Waals surface area contributed by atoms with Crippen LogP contribution in [0.5, 0.6) is 0 Å². The van der Waals surface area contributed by atoms with Crippen LogP contribution in [-0.2, 0) is 19.1 Å². The number of anilines is 3. The molecule has 4 N–H and O–H groups in total. The van der Waals surface area contributed by atoms with Gasteiger partial charge >= 0.3 is 5.97 Å². The van der Waals surface area contributed by atoms with Crippen LogP contribution in [-0.4, -0.2) is 43.1 Å². The molecule has 34 heavy (non-hydrogen) atoms. The van der Waals surface area contributed by atoms with E-state index in [0.717, 1.165) is 22.9 Å². The van der Waals surface area contributed by atoms with Gasteiger partial charge in [0.15, 0.2) is 0 Å². The monoisotopic (exact) mass is 487 g/mol. The van der Waals surface area contributed by atoms with Gasteiger partial charge in [0, 0.05) is 16.9 Å². The first-order valence-corrected chi connectivity index (χ1v) is 11.0. The van der Waals surface area contributed by atoms with Gasteiger partial charge in [-0.05, 0) is 63.5 Å². The average Bonchev–Trinajstić information content (AvgIpc) is 3.10. The normalized spacial score (nSPS) is 9.15. The summed E-state index contributed by atoms with van der Waals surface area (Å²) in [6.07, 6.45) is 0. The number of nitriles is 1. The lowest BCUT2D eigenvalue weighted by molar-refractivity contribution is -0.138. The lowest BCUT2D eigenvalue weighted by Gasteiger charge is -2.24. The lowest BCUT2D eigenvalue weighted by atomic mass is 10.2. The van der Waals surface area contributed by atoms with Gasteiger partial charge in [-0.2, -0.15) is 9.64 Å². The highest BCUT2D eigenvalue weighted by Gasteiger charge is 2.09. The van der Waals surface area contributed by atoms with Gasteiger partial charge in [0.05, 0.1) is 18.8 Å². The van der Waals surface area contributed by atoms with Crippen molar-refractivity contribution in [3.05, 3.63) is 59.8 Å². The Bertz CT molecular complexity index is 957. The van der Waals surface area contributed by atoms with E-state index >= 15 is 0 Å². The minimum Gasteiger partial charge on any atom is -0.466 e. The molecule has 2 rings (SSSR count). The molecule has 0 aliphatic carbocycles. The molecule has 0 saturated heterocycles. The lowest BCUT2D eigenvalue weighted by Crippen LogP contribution is -2.31. The van der Waals surface area contributed by atoms with Crippen molar-refractivity contribution in [1.29, 1.82) is 5.26 Å². The molecule has 0 bridgehead atoms. The van der Waals surface area contributed by atoms with Gasteiger partial charge in [0.2, 0.25) is 0 Å². The second-order valence-electron chi connectivity index (χ2n) is 7.29. The van der Waals surface area contributed by atoms with Crippen molar-refractivity contribution in [2.45, 2.75) is 27.7 Å². The molecule has 0 unspecified atom stereocenters. The molecule has 0 fully saturated rings. The van der Waals surface area contributed by atoms with Crippen LogP contribution >= 0.6 is 11.5 Å². The van der Waals surface area contributed by atoms with Crippen LogP contribution < -0.4 is 16.4 Å². The van der Waals surface area contributed by atoms with Gasteiger partial charge in [0.1, 0.15) is 29.8 Å². The highest BCUT2D eigenvalue weighted by atomic mass is 32.1. The van der Waals surface area contributed by atoms with E-state index in [1.807, 2.05) is 36.9 Å². The fourth-order valence-corrected chi connectivity index (χ4v) is 2.77. The van der Waals surface area contributed by atoms with Crippen molar-refractivity contribution in [2.24, 2.45) is 0 Å². The van der Waals surface area contributed by atoms with E-state index in [2.05, 4.69) is 17.5 Å². The Morgan fingerprint density at radius 3 is 2.15 bits per heavy atom. The van der Waals surface area contributed by atoms with E-state index in [0.29, 0.717) is 41.4 Å². The summed E-state index contributed by atoms with van der Waals surface area (Å²) in [5.41, 5.74) is 15.4. The Morgan fingerprint density at radius 2 is 1.74 bits per heavy atom. The molecule has 0 amide bonds. The van der Waals surface area contributed by atoms with Gasteiger partial charge in [-0.1, -0.05) is 12.2 Å². The molecule has 2 aromatic rings. The Balaban J connectivity index is 0.000000685. The zero-order chi connectivity index (χ0) is 26.1. The minimum absolute atomic E-state index is 0.219. The van der Waals surface area contributed by atoms with Crippen molar-refractivity contribution in [2.75, 3.05) is 42.7 Å². The van der Waals surface area contributed by atoms with E-state index in [1.165, 1.54) is 5.57 Å². The van der Waals surface area contributed by atoms with E-state index < -0.39 is 5.97 Å². The maximum absolute atomic E-state index is 11.3. The number of carbonyl (C=O) groups excluding carboxylic acids is 2. The van der Waals surface area contributed by atoms with Crippen molar-refractivity contribution >= 4 is 40.3 Å². The molecule has 0 radical (unpaired) electrons. The third kappa shape index (κ3) is 12.9. The second kappa shape index (κ2) is 16.7. The number of allylic oxidation sites excluding steroid dienone is 1. The fraction of sp³-hybridized carbons (Fsp3) is 0.333. The number of aryl methyl sites for hydroxylation is 1. The van der Waals surface area contributed by atoms with Crippen LogP contribution in [0.1, 0.15) is 32.0 Å². The van der Waals surface area contributed by atoms with Gasteiger partial charge in [-0.3, -0.25) is 4.79 Å². The molecule has 1 aromatic carbocycles. The summed E-state index contributed by atoms with van der Waals surface area (Å²) < 4.78 is 13.7. The highest BCUT2D eigenvalue weighted by Crippen LogP contribution is 2.18. The van der Waals surface area contributed by atoms with Gasteiger partial charge in [-0.15, -0.1) is 6.58 Å². The Hall–Kier alpha value is -3.84. The number of rotatable bonds is 9. The molecule has 0 aliphatic heterocycles. The molecule has 0 atom stereocenters. The minimum atomic E-state index is -0.420. The molecular formula is C24H33N5O4S. The number of hydrogen-bond acceptors (Lipinski definition) is 10.